The Kier molecular flexibility index (Phi) is 5.34. The summed E-state index contributed by atoms with van der Waals surface area (Å²) in [5, 5.41) is 3.54. The minimum absolute atomic E-state index is 0.153. The fourth-order valence-corrected chi connectivity index (χ4v) is 2.96. The zero-order chi connectivity index (χ0) is 17.8. The van der Waals surface area contributed by atoms with E-state index < -0.39 is 6.10 Å². The number of hydrogen-bond acceptors (Lipinski definition) is 4. The Morgan fingerprint density at radius 3 is 2.88 bits per heavy atom. The maximum absolute atomic E-state index is 12.4. The molecule has 0 spiro atoms. The molecule has 6 heteroatoms. The number of fused-ring (bicyclic) bond motifs is 1. The van der Waals surface area contributed by atoms with E-state index in [-0.39, 0.29) is 5.91 Å². The molecular weight excluding hydrogens is 342 g/mol. The summed E-state index contributed by atoms with van der Waals surface area (Å²) in [4.78, 5) is 12.4. The van der Waals surface area contributed by atoms with Crippen molar-refractivity contribution in [2.24, 2.45) is 0 Å². The highest BCUT2D eigenvalue weighted by Gasteiger charge is 2.29. The zero-order valence-electron chi connectivity index (χ0n) is 14.2. The van der Waals surface area contributed by atoms with Gasteiger partial charge in [-0.1, -0.05) is 17.7 Å². The van der Waals surface area contributed by atoms with E-state index in [0.29, 0.717) is 41.8 Å². The molecule has 1 N–H and O–H groups in total. The largest absolute Gasteiger partial charge is 0.493 e. The number of amides is 1. The fourth-order valence-electron chi connectivity index (χ4n) is 2.76. The average Bonchev–Trinajstić information content (AvgIpc) is 3.04. The van der Waals surface area contributed by atoms with Crippen LogP contribution in [0.25, 0.3) is 0 Å². The molecule has 0 aromatic heterocycles. The van der Waals surface area contributed by atoms with Crippen LogP contribution in [0.4, 0.5) is 0 Å². The van der Waals surface area contributed by atoms with Crippen molar-refractivity contribution in [1.82, 2.24) is 5.32 Å². The van der Waals surface area contributed by atoms with Gasteiger partial charge in [0.1, 0.15) is 5.75 Å². The van der Waals surface area contributed by atoms with Crippen LogP contribution in [0, 0.1) is 0 Å². The van der Waals surface area contributed by atoms with Gasteiger partial charge in [0, 0.05) is 18.0 Å². The van der Waals surface area contributed by atoms with Crippen molar-refractivity contribution in [3.05, 3.63) is 52.5 Å². The second-order valence-corrected chi connectivity index (χ2v) is 6.14. The molecule has 2 aromatic carbocycles. The molecule has 25 heavy (non-hydrogen) atoms. The Bertz CT molecular complexity index is 778. The van der Waals surface area contributed by atoms with Crippen LogP contribution in [0.1, 0.15) is 18.1 Å². The van der Waals surface area contributed by atoms with Gasteiger partial charge in [0.05, 0.1) is 13.7 Å². The van der Waals surface area contributed by atoms with Gasteiger partial charge in [-0.3, -0.25) is 4.79 Å². The van der Waals surface area contributed by atoms with E-state index in [4.69, 9.17) is 25.8 Å². The lowest BCUT2D eigenvalue weighted by atomic mass is 10.1. The predicted octanol–water partition coefficient (Wildman–Crippen LogP) is 3.37. The van der Waals surface area contributed by atoms with Gasteiger partial charge in [-0.2, -0.15) is 0 Å². The summed E-state index contributed by atoms with van der Waals surface area (Å²) in [5.74, 6) is 1.90. The SMILES string of the molecule is CCOc1ccc(CNC(=O)C2Cc3cc(Cl)ccc3O2)cc1OC. The monoisotopic (exact) mass is 361 g/mol. The van der Waals surface area contributed by atoms with Crippen molar-refractivity contribution < 1.29 is 19.0 Å². The van der Waals surface area contributed by atoms with Gasteiger partial charge in [0.2, 0.25) is 0 Å². The summed E-state index contributed by atoms with van der Waals surface area (Å²) in [6.45, 7) is 2.87. The molecule has 1 heterocycles. The lowest BCUT2D eigenvalue weighted by molar-refractivity contribution is -0.127. The summed E-state index contributed by atoms with van der Waals surface area (Å²) in [7, 11) is 1.59. The molecule has 1 unspecified atom stereocenters. The van der Waals surface area contributed by atoms with Crippen molar-refractivity contribution in [1.29, 1.82) is 0 Å². The highest BCUT2D eigenvalue weighted by Crippen LogP contribution is 2.31. The summed E-state index contributed by atoms with van der Waals surface area (Å²) >= 11 is 5.98. The molecule has 2 aromatic rings. The first-order valence-electron chi connectivity index (χ1n) is 8.13. The standard InChI is InChI=1S/C19H20ClNO4/c1-3-24-16-6-4-12(8-17(16)23-2)11-21-19(22)18-10-13-9-14(20)5-7-15(13)25-18/h4-9,18H,3,10-11H2,1-2H3,(H,21,22). The lowest BCUT2D eigenvalue weighted by Gasteiger charge is -2.13. The van der Waals surface area contributed by atoms with Gasteiger partial charge in [-0.05, 0) is 48.4 Å². The van der Waals surface area contributed by atoms with E-state index in [9.17, 15) is 4.79 Å². The summed E-state index contributed by atoms with van der Waals surface area (Å²) in [6.07, 6.45) is -0.00743. The third-order valence-electron chi connectivity index (χ3n) is 3.98. The molecule has 1 aliphatic rings. The molecule has 3 rings (SSSR count). The van der Waals surface area contributed by atoms with Gasteiger partial charge < -0.3 is 19.5 Å². The molecule has 1 amide bonds. The van der Waals surface area contributed by atoms with Gasteiger partial charge in [-0.25, -0.2) is 0 Å². The van der Waals surface area contributed by atoms with Gasteiger partial charge in [0.15, 0.2) is 17.6 Å². The molecule has 5 nitrogen and oxygen atoms in total. The molecule has 0 bridgehead atoms. The Labute approximate surface area is 151 Å². The first-order chi connectivity index (χ1) is 12.1. The maximum atomic E-state index is 12.4. The van der Waals surface area contributed by atoms with E-state index >= 15 is 0 Å². The number of benzene rings is 2. The first kappa shape index (κ1) is 17.4. The normalized spacial score (nSPS) is 15.2. The quantitative estimate of drug-likeness (QED) is 0.857. The van der Waals surface area contributed by atoms with Gasteiger partial charge in [-0.15, -0.1) is 0 Å². The average molecular weight is 362 g/mol. The summed E-state index contributed by atoms with van der Waals surface area (Å²) in [6, 6.07) is 11.0. The molecule has 0 aliphatic carbocycles. The Balaban J connectivity index is 1.60. The van der Waals surface area contributed by atoms with Crippen molar-refractivity contribution in [3.63, 3.8) is 0 Å². The van der Waals surface area contributed by atoms with E-state index in [2.05, 4.69) is 5.32 Å². The molecule has 1 aliphatic heterocycles. The van der Waals surface area contributed by atoms with Crippen LogP contribution in [-0.4, -0.2) is 25.7 Å². The zero-order valence-corrected chi connectivity index (χ0v) is 14.9. The highest BCUT2D eigenvalue weighted by molar-refractivity contribution is 6.30. The second kappa shape index (κ2) is 7.66. The number of ether oxygens (including phenoxy) is 3. The molecule has 1 atom stereocenters. The number of methoxy groups -OCH3 is 1. The van der Waals surface area contributed by atoms with Crippen molar-refractivity contribution in [2.45, 2.75) is 26.0 Å². The lowest BCUT2D eigenvalue weighted by Crippen LogP contribution is -2.37. The van der Waals surface area contributed by atoms with Crippen LogP contribution in [0.15, 0.2) is 36.4 Å². The minimum atomic E-state index is -0.530. The number of carbonyl (C=O) groups is 1. The molecule has 132 valence electrons. The van der Waals surface area contributed by atoms with Crippen LogP contribution in [0.2, 0.25) is 5.02 Å². The fraction of sp³-hybridized carbons (Fsp3) is 0.316. The Morgan fingerprint density at radius 2 is 2.12 bits per heavy atom. The number of carbonyl (C=O) groups excluding carboxylic acids is 1. The van der Waals surface area contributed by atoms with Crippen LogP contribution in [-0.2, 0) is 17.8 Å². The number of nitrogens with one attached hydrogen (secondary N) is 1. The maximum Gasteiger partial charge on any atom is 0.261 e. The molecule has 0 radical (unpaired) electrons. The Morgan fingerprint density at radius 1 is 1.28 bits per heavy atom. The molecular formula is C19H20ClNO4. The van der Waals surface area contributed by atoms with E-state index in [1.54, 1.807) is 19.2 Å². The smallest absolute Gasteiger partial charge is 0.261 e. The van der Waals surface area contributed by atoms with E-state index in [1.165, 1.54) is 0 Å². The highest BCUT2D eigenvalue weighted by atomic mass is 35.5. The number of halogens is 1. The third kappa shape index (κ3) is 3.99. The van der Waals surface area contributed by atoms with Crippen molar-refractivity contribution in [2.75, 3.05) is 13.7 Å². The predicted molar refractivity (Wildman–Crippen MR) is 95.6 cm³/mol. The van der Waals surface area contributed by atoms with Crippen molar-refractivity contribution in [3.8, 4) is 17.2 Å². The van der Waals surface area contributed by atoms with Crippen LogP contribution >= 0.6 is 11.6 Å². The van der Waals surface area contributed by atoms with Crippen LogP contribution in [0.3, 0.4) is 0 Å². The molecule has 0 saturated heterocycles. The second-order valence-electron chi connectivity index (χ2n) is 5.70. The number of hydrogen-bond donors (Lipinski definition) is 1. The first-order valence-corrected chi connectivity index (χ1v) is 8.51. The minimum Gasteiger partial charge on any atom is -0.493 e. The summed E-state index contributed by atoms with van der Waals surface area (Å²) < 4.78 is 16.5. The van der Waals surface area contributed by atoms with Gasteiger partial charge in [0.25, 0.3) is 5.91 Å². The van der Waals surface area contributed by atoms with Gasteiger partial charge >= 0.3 is 0 Å². The van der Waals surface area contributed by atoms with E-state index in [1.807, 2.05) is 31.2 Å². The van der Waals surface area contributed by atoms with Crippen LogP contribution < -0.4 is 19.5 Å². The molecule has 0 fully saturated rings. The molecule has 0 saturated carbocycles. The topological polar surface area (TPSA) is 56.8 Å². The van der Waals surface area contributed by atoms with Crippen molar-refractivity contribution >= 4 is 17.5 Å². The third-order valence-corrected chi connectivity index (χ3v) is 4.22. The Hall–Kier alpha value is -2.40. The summed E-state index contributed by atoms with van der Waals surface area (Å²) in [5.41, 5.74) is 1.88. The van der Waals surface area contributed by atoms with Crippen LogP contribution in [0.5, 0.6) is 17.2 Å². The number of rotatable bonds is 6. The van der Waals surface area contributed by atoms with E-state index in [0.717, 1.165) is 11.1 Å².